The van der Waals surface area contributed by atoms with Gasteiger partial charge in [0.15, 0.2) is 0 Å². The Morgan fingerprint density at radius 1 is 1.14 bits per heavy atom. The Morgan fingerprint density at radius 2 is 1.86 bits per heavy atom. The number of hydrogen-bond donors (Lipinski definition) is 1. The average molecular weight is 418 g/mol. The lowest BCUT2D eigenvalue weighted by atomic mass is 9.74. The molecule has 29 heavy (non-hydrogen) atoms. The zero-order chi connectivity index (χ0) is 21.0. The third-order valence-electron chi connectivity index (χ3n) is 5.43. The van der Waals surface area contributed by atoms with E-state index in [-0.39, 0.29) is 18.4 Å². The van der Waals surface area contributed by atoms with E-state index in [0.717, 1.165) is 12.3 Å². The number of nitrogens with zero attached hydrogens (tertiary/aromatic N) is 3. The number of halogens is 6. The molecule has 1 amide bonds. The van der Waals surface area contributed by atoms with Gasteiger partial charge in [-0.1, -0.05) is 0 Å². The number of hydrogen-bond acceptors (Lipinski definition) is 3. The van der Waals surface area contributed by atoms with Crippen LogP contribution in [0.25, 0.3) is 11.3 Å². The van der Waals surface area contributed by atoms with E-state index >= 15 is 0 Å². The van der Waals surface area contributed by atoms with Crippen molar-refractivity contribution in [2.75, 3.05) is 0 Å². The number of carbonyl (C=O) groups excluding carboxylic acids is 1. The number of alkyl halides is 6. The summed E-state index contributed by atoms with van der Waals surface area (Å²) in [7, 11) is 0. The molecule has 5 nitrogen and oxygen atoms in total. The molecule has 1 N–H and O–H groups in total. The Kier molecular flexibility index (Phi) is 4.58. The van der Waals surface area contributed by atoms with Gasteiger partial charge in [-0.05, 0) is 37.5 Å². The van der Waals surface area contributed by atoms with Crippen molar-refractivity contribution in [2.24, 2.45) is 11.8 Å². The summed E-state index contributed by atoms with van der Waals surface area (Å²) in [6, 6.07) is 3.47. The number of aromatic nitrogens is 3. The standard InChI is InChI=1S/C18H16F6N4O/c19-17(20,21)11-5-10(6-11)16(29)26-12-2-4-28-14(12)8-13(27-28)9-1-3-25-15(7-9)18(22,23)24/h1,3,7-8,10-12H,2,4-6H2,(H,26,29). The Labute approximate surface area is 161 Å². The third kappa shape index (κ3) is 3.82. The van der Waals surface area contributed by atoms with E-state index in [1.807, 2.05) is 0 Å². The Balaban J connectivity index is 1.46. The summed E-state index contributed by atoms with van der Waals surface area (Å²) in [5.41, 5.74) is 0.140. The largest absolute Gasteiger partial charge is 0.433 e. The van der Waals surface area contributed by atoms with Crippen LogP contribution < -0.4 is 5.32 Å². The van der Waals surface area contributed by atoms with Crippen molar-refractivity contribution in [3.05, 3.63) is 35.8 Å². The van der Waals surface area contributed by atoms with Gasteiger partial charge in [0.2, 0.25) is 5.91 Å². The highest BCUT2D eigenvalue weighted by Crippen LogP contribution is 2.45. The maximum absolute atomic E-state index is 12.9. The maximum Gasteiger partial charge on any atom is 0.433 e. The molecule has 0 aromatic carbocycles. The van der Waals surface area contributed by atoms with Crippen LogP contribution in [-0.2, 0) is 17.5 Å². The molecule has 2 aliphatic rings. The van der Waals surface area contributed by atoms with Crippen molar-refractivity contribution >= 4 is 5.91 Å². The second kappa shape index (κ2) is 6.74. The first-order valence-corrected chi connectivity index (χ1v) is 9.01. The van der Waals surface area contributed by atoms with Gasteiger partial charge in [0, 0.05) is 24.2 Å². The van der Waals surface area contributed by atoms with Gasteiger partial charge >= 0.3 is 12.4 Å². The molecule has 0 bridgehead atoms. The van der Waals surface area contributed by atoms with E-state index in [1.54, 1.807) is 10.7 Å². The van der Waals surface area contributed by atoms with E-state index in [2.05, 4.69) is 15.4 Å². The van der Waals surface area contributed by atoms with Gasteiger partial charge in [-0.15, -0.1) is 0 Å². The molecule has 0 spiro atoms. The summed E-state index contributed by atoms with van der Waals surface area (Å²) in [5, 5.41) is 7.04. The molecule has 2 aromatic rings. The van der Waals surface area contributed by atoms with Gasteiger partial charge in [-0.2, -0.15) is 31.4 Å². The molecule has 1 aliphatic heterocycles. The van der Waals surface area contributed by atoms with E-state index in [0.29, 0.717) is 24.4 Å². The molecule has 1 fully saturated rings. The fourth-order valence-electron chi connectivity index (χ4n) is 3.71. The number of nitrogens with one attached hydrogen (secondary N) is 1. The molecule has 1 unspecified atom stereocenters. The highest BCUT2D eigenvalue weighted by atomic mass is 19.4. The number of aryl methyl sites for hydroxylation is 1. The van der Waals surface area contributed by atoms with Crippen molar-refractivity contribution in [1.82, 2.24) is 20.1 Å². The van der Waals surface area contributed by atoms with Crippen LogP contribution in [0.3, 0.4) is 0 Å². The number of rotatable bonds is 3. The molecule has 1 saturated carbocycles. The Morgan fingerprint density at radius 3 is 2.52 bits per heavy atom. The quantitative estimate of drug-likeness (QED) is 0.764. The summed E-state index contributed by atoms with van der Waals surface area (Å²) >= 11 is 0. The fourth-order valence-corrected chi connectivity index (χ4v) is 3.71. The first-order chi connectivity index (χ1) is 13.5. The Bertz CT molecular complexity index is 929. The summed E-state index contributed by atoms with van der Waals surface area (Å²) in [5.74, 6) is -2.55. The molecule has 156 valence electrons. The zero-order valence-corrected chi connectivity index (χ0v) is 14.9. The highest BCUT2D eigenvalue weighted by Gasteiger charge is 2.50. The van der Waals surface area contributed by atoms with Crippen molar-refractivity contribution < 1.29 is 31.1 Å². The number of pyridine rings is 1. The van der Waals surface area contributed by atoms with Crippen LogP contribution in [0.2, 0.25) is 0 Å². The summed E-state index contributed by atoms with van der Waals surface area (Å²) in [6.45, 7) is 0.452. The van der Waals surface area contributed by atoms with Crippen LogP contribution >= 0.6 is 0 Å². The van der Waals surface area contributed by atoms with Gasteiger partial charge < -0.3 is 5.32 Å². The third-order valence-corrected chi connectivity index (χ3v) is 5.43. The Hall–Kier alpha value is -2.59. The lowest BCUT2D eigenvalue weighted by Crippen LogP contribution is -2.44. The van der Waals surface area contributed by atoms with Crippen LogP contribution in [-0.4, -0.2) is 26.8 Å². The molecule has 1 aliphatic carbocycles. The molecule has 11 heteroatoms. The molecule has 4 rings (SSSR count). The van der Waals surface area contributed by atoms with Gasteiger partial charge in [0.05, 0.1) is 23.3 Å². The van der Waals surface area contributed by atoms with Crippen LogP contribution in [0.1, 0.15) is 36.7 Å². The molecule has 1 atom stereocenters. The lowest BCUT2D eigenvalue weighted by molar-refractivity contribution is -0.204. The normalized spacial score (nSPS) is 24.1. The van der Waals surface area contributed by atoms with Gasteiger partial charge in [-0.3, -0.25) is 14.5 Å². The molecule has 0 radical (unpaired) electrons. The fraction of sp³-hybridized carbons (Fsp3) is 0.500. The predicted octanol–water partition coefficient (Wildman–Crippen LogP) is 4.11. The number of carbonyl (C=O) groups is 1. The van der Waals surface area contributed by atoms with E-state index in [1.165, 1.54) is 6.07 Å². The molecule has 2 aromatic heterocycles. The average Bonchev–Trinajstić information content (AvgIpc) is 3.13. The molecular formula is C18H16F6N4O. The van der Waals surface area contributed by atoms with Gasteiger partial charge in [0.1, 0.15) is 5.69 Å². The van der Waals surface area contributed by atoms with E-state index < -0.39 is 41.8 Å². The lowest BCUT2D eigenvalue weighted by Gasteiger charge is -2.35. The summed E-state index contributed by atoms with van der Waals surface area (Å²) in [6.07, 6.45) is -7.72. The van der Waals surface area contributed by atoms with Crippen LogP contribution in [0.15, 0.2) is 24.4 Å². The van der Waals surface area contributed by atoms with Crippen LogP contribution in [0.5, 0.6) is 0 Å². The minimum Gasteiger partial charge on any atom is -0.347 e. The van der Waals surface area contributed by atoms with Crippen molar-refractivity contribution in [2.45, 2.75) is 44.2 Å². The van der Waals surface area contributed by atoms with Crippen molar-refractivity contribution in [3.63, 3.8) is 0 Å². The second-order valence-corrected chi connectivity index (χ2v) is 7.36. The van der Waals surface area contributed by atoms with Crippen molar-refractivity contribution in [1.29, 1.82) is 0 Å². The highest BCUT2D eigenvalue weighted by molar-refractivity contribution is 5.80. The molecule has 3 heterocycles. The van der Waals surface area contributed by atoms with Crippen LogP contribution in [0.4, 0.5) is 26.3 Å². The minimum atomic E-state index is -4.58. The van der Waals surface area contributed by atoms with Gasteiger partial charge in [-0.25, -0.2) is 0 Å². The van der Waals surface area contributed by atoms with Gasteiger partial charge in [0.25, 0.3) is 0 Å². The first-order valence-electron chi connectivity index (χ1n) is 9.01. The van der Waals surface area contributed by atoms with Crippen LogP contribution in [0, 0.1) is 11.8 Å². The number of amides is 1. The molecular weight excluding hydrogens is 402 g/mol. The first kappa shape index (κ1) is 19.7. The SMILES string of the molecule is O=C(NC1CCn2nc(-c3ccnc(C(F)(F)F)c3)cc21)C1CC(C(F)(F)F)C1. The predicted molar refractivity (Wildman–Crippen MR) is 88.2 cm³/mol. The summed E-state index contributed by atoms with van der Waals surface area (Å²) < 4.78 is 77.9. The topological polar surface area (TPSA) is 59.8 Å². The van der Waals surface area contributed by atoms with Crippen molar-refractivity contribution in [3.8, 4) is 11.3 Å². The maximum atomic E-state index is 12.9. The smallest absolute Gasteiger partial charge is 0.347 e. The summed E-state index contributed by atoms with van der Waals surface area (Å²) in [4.78, 5) is 15.6. The zero-order valence-electron chi connectivity index (χ0n) is 14.9. The molecule has 0 saturated heterocycles. The number of fused-ring (bicyclic) bond motifs is 1. The van der Waals surface area contributed by atoms with E-state index in [9.17, 15) is 31.1 Å². The second-order valence-electron chi connectivity index (χ2n) is 7.36. The monoisotopic (exact) mass is 418 g/mol. The minimum absolute atomic E-state index is 0.218. The van der Waals surface area contributed by atoms with E-state index in [4.69, 9.17) is 0 Å².